The van der Waals surface area contributed by atoms with Crippen molar-refractivity contribution in [2.45, 2.75) is 0 Å². The van der Waals surface area contributed by atoms with E-state index in [1.54, 1.807) is 48.5 Å². The summed E-state index contributed by atoms with van der Waals surface area (Å²) in [7, 11) is -3.65. The number of anilines is 2. The first-order valence-corrected chi connectivity index (χ1v) is 10.9. The molecule has 0 aliphatic heterocycles. The van der Waals surface area contributed by atoms with Crippen molar-refractivity contribution in [3.63, 3.8) is 0 Å². The summed E-state index contributed by atoms with van der Waals surface area (Å²) >= 11 is 5.91. The van der Waals surface area contributed by atoms with Crippen molar-refractivity contribution < 1.29 is 13.2 Å². The molecule has 30 heavy (non-hydrogen) atoms. The Morgan fingerprint density at radius 2 is 1.83 bits per heavy atom. The summed E-state index contributed by atoms with van der Waals surface area (Å²) in [6.45, 7) is 0. The monoisotopic (exact) mass is 439 g/mol. The smallest absolute Gasteiger partial charge is 0.239 e. The molecule has 0 bridgehead atoms. The molecule has 10 heteroatoms. The zero-order valence-electron chi connectivity index (χ0n) is 15.6. The first kappa shape index (κ1) is 19.7. The van der Waals surface area contributed by atoms with Crippen molar-refractivity contribution >= 4 is 44.3 Å². The lowest BCUT2D eigenvalue weighted by Gasteiger charge is -2.09. The van der Waals surface area contributed by atoms with E-state index in [0.29, 0.717) is 33.2 Å². The van der Waals surface area contributed by atoms with Crippen molar-refractivity contribution in [2.75, 3.05) is 11.6 Å². The Labute approximate surface area is 177 Å². The van der Waals surface area contributed by atoms with E-state index < -0.39 is 10.0 Å². The summed E-state index contributed by atoms with van der Waals surface area (Å²) in [5.41, 5.74) is 1.68. The Hall–Kier alpha value is -3.61. The van der Waals surface area contributed by atoms with Crippen molar-refractivity contribution in [2.24, 2.45) is 0 Å². The highest BCUT2D eigenvalue weighted by Gasteiger charge is 2.19. The van der Waals surface area contributed by atoms with E-state index in [-0.39, 0.29) is 11.6 Å². The largest absolute Gasteiger partial charge is 0.457 e. The molecule has 2 heterocycles. The second-order valence-corrected chi connectivity index (χ2v) is 8.60. The molecule has 0 radical (unpaired) electrons. The summed E-state index contributed by atoms with van der Waals surface area (Å²) in [5.74, 6) is 1.01. The standard InChI is InChI=1S/C20H14ClN5O3S/c1-30(27,28)26-19-7-6-16(29-17-8-9-23-15(10-17)12-22)11-18(19)25-20(26)24-14-4-2-13(21)3-5-14/h2-11H,1H3,(H,24,25). The van der Waals surface area contributed by atoms with E-state index in [0.717, 1.165) is 10.2 Å². The van der Waals surface area contributed by atoms with Crippen LogP contribution in [0.15, 0.2) is 60.8 Å². The van der Waals surface area contributed by atoms with Crippen LogP contribution in [-0.2, 0) is 10.0 Å². The van der Waals surface area contributed by atoms with E-state index in [9.17, 15) is 8.42 Å². The number of nitrogens with zero attached hydrogens (tertiary/aromatic N) is 4. The maximum atomic E-state index is 12.4. The third-order valence-electron chi connectivity index (χ3n) is 4.10. The Balaban J connectivity index is 1.75. The second-order valence-electron chi connectivity index (χ2n) is 6.34. The van der Waals surface area contributed by atoms with E-state index in [2.05, 4.69) is 15.3 Å². The maximum Gasteiger partial charge on any atom is 0.239 e. The molecule has 0 amide bonds. The van der Waals surface area contributed by atoms with Crippen LogP contribution >= 0.6 is 11.6 Å². The molecule has 0 fully saturated rings. The average Bonchev–Trinajstić information content (AvgIpc) is 3.07. The highest BCUT2D eigenvalue weighted by atomic mass is 35.5. The molecule has 2 aromatic carbocycles. The van der Waals surface area contributed by atoms with Gasteiger partial charge in [0.05, 0.1) is 17.3 Å². The van der Waals surface area contributed by atoms with Crippen LogP contribution in [0.5, 0.6) is 11.5 Å². The number of halogens is 1. The molecule has 4 aromatic rings. The Morgan fingerprint density at radius 3 is 2.53 bits per heavy atom. The van der Waals surface area contributed by atoms with E-state index in [4.69, 9.17) is 21.6 Å². The number of fused-ring (bicyclic) bond motifs is 1. The van der Waals surface area contributed by atoms with Gasteiger partial charge in [0.15, 0.2) is 0 Å². The van der Waals surface area contributed by atoms with Crippen LogP contribution in [0.4, 0.5) is 11.6 Å². The van der Waals surface area contributed by atoms with Gasteiger partial charge in [0.1, 0.15) is 23.3 Å². The molecule has 1 N–H and O–H groups in total. The van der Waals surface area contributed by atoms with Crippen LogP contribution in [0.3, 0.4) is 0 Å². The number of ether oxygens (including phenoxy) is 1. The minimum absolute atomic E-state index is 0.141. The summed E-state index contributed by atoms with van der Waals surface area (Å²) in [4.78, 5) is 8.32. The summed E-state index contributed by atoms with van der Waals surface area (Å²) < 4.78 is 31.7. The molecular weight excluding hydrogens is 426 g/mol. The Morgan fingerprint density at radius 1 is 1.10 bits per heavy atom. The number of nitriles is 1. The third kappa shape index (κ3) is 4.05. The fourth-order valence-electron chi connectivity index (χ4n) is 2.85. The first-order chi connectivity index (χ1) is 14.3. The normalized spacial score (nSPS) is 11.2. The van der Waals surface area contributed by atoms with E-state index in [1.165, 1.54) is 12.3 Å². The average molecular weight is 440 g/mol. The number of benzene rings is 2. The van der Waals surface area contributed by atoms with Crippen LogP contribution in [-0.4, -0.2) is 28.6 Å². The van der Waals surface area contributed by atoms with Gasteiger partial charge >= 0.3 is 0 Å². The molecule has 0 unspecified atom stereocenters. The van der Waals surface area contributed by atoms with Gasteiger partial charge in [0.25, 0.3) is 0 Å². The predicted octanol–water partition coefficient (Wildman–Crippen LogP) is 4.30. The molecule has 8 nitrogen and oxygen atoms in total. The highest BCUT2D eigenvalue weighted by molar-refractivity contribution is 7.89. The van der Waals surface area contributed by atoms with E-state index >= 15 is 0 Å². The zero-order valence-corrected chi connectivity index (χ0v) is 17.1. The van der Waals surface area contributed by atoms with Crippen LogP contribution in [0.25, 0.3) is 11.0 Å². The maximum absolute atomic E-state index is 12.4. The number of aromatic nitrogens is 3. The van der Waals surface area contributed by atoms with Gasteiger partial charge in [-0.25, -0.2) is 22.4 Å². The zero-order chi connectivity index (χ0) is 21.3. The molecule has 0 atom stereocenters. The van der Waals surface area contributed by atoms with Crippen molar-refractivity contribution in [1.29, 1.82) is 5.26 Å². The van der Waals surface area contributed by atoms with Crippen molar-refractivity contribution in [1.82, 2.24) is 13.9 Å². The summed E-state index contributed by atoms with van der Waals surface area (Å²) in [6.07, 6.45) is 2.57. The Bertz CT molecular complexity index is 1390. The van der Waals surface area contributed by atoms with Gasteiger partial charge in [-0.15, -0.1) is 0 Å². The second kappa shape index (κ2) is 7.67. The van der Waals surface area contributed by atoms with Gasteiger partial charge < -0.3 is 10.1 Å². The van der Waals surface area contributed by atoms with Gasteiger partial charge in [-0.3, -0.25) is 0 Å². The number of pyridine rings is 1. The van der Waals surface area contributed by atoms with Crippen molar-refractivity contribution in [3.8, 4) is 17.6 Å². The topological polar surface area (TPSA) is 110 Å². The fraction of sp³-hybridized carbons (Fsp3) is 0.0500. The molecule has 0 aliphatic carbocycles. The van der Waals surface area contributed by atoms with Gasteiger partial charge in [-0.05, 0) is 42.5 Å². The van der Waals surface area contributed by atoms with Crippen LogP contribution in [0.2, 0.25) is 5.02 Å². The molecule has 0 saturated carbocycles. The number of imidazole rings is 1. The van der Waals surface area contributed by atoms with Crippen LogP contribution < -0.4 is 10.1 Å². The number of hydrogen-bond donors (Lipinski definition) is 1. The summed E-state index contributed by atoms with van der Waals surface area (Å²) in [6, 6.07) is 16.8. The van der Waals surface area contributed by atoms with Gasteiger partial charge in [-0.1, -0.05) is 11.6 Å². The number of nitrogens with one attached hydrogen (secondary N) is 1. The lowest BCUT2D eigenvalue weighted by Crippen LogP contribution is -2.12. The Kier molecular flexibility index (Phi) is 5.03. The number of rotatable bonds is 5. The minimum atomic E-state index is -3.65. The number of hydrogen-bond acceptors (Lipinski definition) is 7. The van der Waals surface area contributed by atoms with Gasteiger partial charge in [0.2, 0.25) is 16.0 Å². The molecule has 150 valence electrons. The summed E-state index contributed by atoms with van der Waals surface area (Å²) in [5, 5.41) is 12.5. The molecule has 2 aromatic heterocycles. The molecular formula is C20H14ClN5O3S. The lowest BCUT2D eigenvalue weighted by molar-refractivity contribution is 0.482. The molecule has 4 rings (SSSR count). The quantitative estimate of drug-likeness (QED) is 0.493. The third-order valence-corrected chi connectivity index (χ3v) is 5.38. The first-order valence-electron chi connectivity index (χ1n) is 8.63. The van der Waals surface area contributed by atoms with Crippen LogP contribution in [0, 0.1) is 11.3 Å². The van der Waals surface area contributed by atoms with E-state index in [1.807, 2.05) is 6.07 Å². The van der Waals surface area contributed by atoms with Gasteiger partial charge in [0, 0.05) is 29.0 Å². The minimum Gasteiger partial charge on any atom is -0.457 e. The predicted molar refractivity (Wildman–Crippen MR) is 114 cm³/mol. The molecule has 0 aliphatic rings. The van der Waals surface area contributed by atoms with Crippen molar-refractivity contribution in [3.05, 3.63) is 71.5 Å². The molecule has 0 saturated heterocycles. The highest BCUT2D eigenvalue weighted by Crippen LogP contribution is 2.30. The van der Waals surface area contributed by atoms with Crippen LogP contribution in [0.1, 0.15) is 5.69 Å². The fourth-order valence-corrected chi connectivity index (χ4v) is 3.89. The molecule has 0 spiro atoms. The lowest BCUT2D eigenvalue weighted by atomic mass is 10.3. The van der Waals surface area contributed by atoms with Gasteiger partial charge in [-0.2, -0.15) is 5.26 Å². The SMILES string of the molecule is CS(=O)(=O)n1c(Nc2ccc(Cl)cc2)nc2cc(Oc3ccnc(C#N)c3)ccc21.